The lowest BCUT2D eigenvalue weighted by Gasteiger charge is -2.18. The molecule has 3 rings (SSSR count). The lowest BCUT2D eigenvalue weighted by Crippen LogP contribution is -2.26. The van der Waals surface area contributed by atoms with Gasteiger partial charge in [0.25, 0.3) is 15.9 Å². The van der Waals surface area contributed by atoms with E-state index in [0.29, 0.717) is 29.2 Å². The van der Waals surface area contributed by atoms with Crippen molar-refractivity contribution < 1.29 is 27.1 Å². The van der Waals surface area contributed by atoms with Crippen molar-refractivity contribution in [3.05, 3.63) is 83.7 Å². The van der Waals surface area contributed by atoms with Crippen LogP contribution in [0.2, 0.25) is 0 Å². The summed E-state index contributed by atoms with van der Waals surface area (Å²) in [7, 11) is -0.864. The summed E-state index contributed by atoms with van der Waals surface area (Å²) < 4.78 is 52.0. The molecule has 0 aliphatic rings. The van der Waals surface area contributed by atoms with E-state index in [4.69, 9.17) is 9.47 Å². The van der Waals surface area contributed by atoms with Crippen molar-refractivity contribution in [1.29, 1.82) is 0 Å². The smallest absolute Gasteiger partial charge is 0.261 e. The number of sulfonamides is 1. The highest BCUT2D eigenvalue weighted by Crippen LogP contribution is 2.21. The predicted octanol–water partition coefficient (Wildman–Crippen LogP) is 4.31. The topological polar surface area (TPSA) is 84.9 Å². The third-order valence-corrected chi connectivity index (χ3v) is 6.21. The number of methoxy groups -OCH3 is 1. The first-order chi connectivity index (χ1) is 15.7. The zero-order valence-corrected chi connectivity index (χ0v) is 19.4. The first-order valence-corrected chi connectivity index (χ1v) is 11.7. The number of carbonyl (C=O) groups excluding carboxylic acids is 1. The van der Waals surface area contributed by atoms with Gasteiger partial charge in [-0.15, -0.1) is 0 Å². The van der Waals surface area contributed by atoms with Crippen LogP contribution in [0.3, 0.4) is 0 Å². The Hall–Kier alpha value is -3.59. The molecule has 0 bridgehead atoms. The van der Waals surface area contributed by atoms with Crippen LogP contribution in [0.15, 0.2) is 71.6 Å². The summed E-state index contributed by atoms with van der Waals surface area (Å²) in [5.74, 6) is -0.0618. The molecule has 0 aromatic heterocycles. The molecule has 3 aromatic rings. The molecule has 0 saturated heterocycles. The van der Waals surface area contributed by atoms with E-state index in [-0.39, 0.29) is 23.1 Å². The molecule has 1 amide bonds. The van der Waals surface area contributed by atoms with E-state index in [2.05, 4.69) is 4.72 Å². The van der Waals surface area contributed by atoms with Crippen LogP contribution in [0.5, 0.6) is 11.5 Å². The molecule has 0 spiro atoms. The maximum atomic E-state index is 13.9. The first-order valence-electron chi connectivity index (χ1n) is 10.2. The molecule has 0 aliphatic heterocycles. The van der Waals surface area contributed by atoms with Crippen molar-refractivity contribution in [2.75, 3.05) is 25.5 Å². The summed E-state index contributed by atoms with van der Waals surface area (Å²) in [6.07, 6.45) is 0. The van der Waals surface area contributed by atoms with E-state index in [1.165, 1.54) is 48.4 Å². The fraction of sp³-hybridized carbons (Fsp3) is 0.208. The van der Waals surface area contributed by atoms with Crippen LogP contribution < -0.4 is 14.2 Å². The van der Waals surface area contributed by atoms with E-state index in [0.717, 1.165) is 0 Å². The number of nitrogens with zero attached hydrogens (tertiary/aromatic N) is 1. The molecule has 0 atom stereocenters. The van der Waals surface area contributed by atoms with E-state index in [1.807, 2.05) is 6.92 Å². The van der Waals surface area contributed by atoms with Gasteiger partial charge in [0.05, 0.1) is 18.6 Å². The number of hydrogen-bond acceptors (Lipinski definition) is 5. The predicted molar refractivity (Wildman–Crippen MR) is 124 cm³/mol. The second kappa shape index (κ2) is 10.4. The molecule has 0 unspecified atom stereocenters. The molecule has 1 N–H and O–H groups in total. The Morgan fingerprint density at radius 1 is 1.03 bits per heavy atom. The van der Waals surface area contributed by atoms with Crippen molar-refractivity contribution >= 4 is 21.6 Å². The van der Waals surface area contributed by atoms with Crippen LogP contribution in [-0.2, 0) is 16.6 Å². The molecule has 174 valence electrons. The van der Waals surface area contributed by atoms with Crippen LogP contribution in [0.25, 0.3) is 0 Å². The molecule has 0 radical (unpaired) electrons. The maximum absolute atomic E-state index is 13.9. The van der Waals surface area contributed by atoms with Gasteiger partial charge in [0.2, 0.25) is 0 Å². The minimum atomic E-state index is -3.83. The van der Waals surface area contributed by atoms with Crippen LogP contribution in [0, 0.1) is 5.82 Å². The Kier molecular flexibility index (Phi) is 7.55. The van der Waals surface area contributed by atoms with Crippen molar-refractivity contribution in [3.8, 4) is 11.5 Å². The fourth-order valence-electron chi connectivity index (χ4n) is 3.15. The molecular weight excluding hydrogens is 447 g/mol. The second-order valence-corrected chi connectivity index (χ2v) is 8.90. The number of rotatable bonds is 9. The van der Waals surface area contributed by atoms with Crippen LogP contribution >= 0.6 is 0 Å². The number of nitrogens with one attached hydrogen (secondary N) is 1. The number of carbonyl (C=O) groups is 1. The summed E-state index contributed by atoms with van der Waals surface area (Å²) in [6.45, 7) is 2.56. The molecule has 0 fully saturated rings. The van der Waals surface area contributed by atoms with Crippen molar-refractivity contribution in [2.24, 2.45) is 0 Å². The van der Waals surface area contributed by atoms with Gasteiger partial charge in [0.15, 0.2) is 11.6 Å². The third-order valence-electron chi connectivity index (χ3n) is 4.81. The SMILES string of the molecule is CCOc1ccc(NS(=O)(=O)c2ccc(C(=O)N(C)Cc3ccc(OC)c(F)c3)cc2)cc1. The molecule has 7 nitrogen and oxygen atoms in total. The number of ether oxygens (including phenoxy) is 2. The first kappa shape index (κ1) is 24.1. The molecule has 33 heavy (non-hydrogen) atoms. The van der Waals surface area contributed by atoms with Gasteiger partial charge in [0.1, 0.15) is 5.75 Å². The van der Waals surface area contributed by atoms with Crippen molar-refractivity contribution in [1.82, 2.24) is 4.90 Å². The number of anilines is 1. The van der Waals surface area contributed by atoms with Crippen LogP contribution in [0.4, 0.5) is 10.1 Å². The summed E-state index contributed by atoms with van der Waals surface area (Å²) in [5, 5.41) is 0. The van der Waals surface area contributed by atoms with Crippen molar-refractivity contribution in [3.63, 3.8) is 0 Å². The summed E-state index contributed by atoms with van der Waals surface area (Å²) >= 11 is 0. The Bertz CT molecular complexity index is 1210. The lowest BCUT2D eigenvalue weighted by atomic mass is 10.1. The Morgan fingerprint density at radius 3 is 2.27 bits per heavy atom. The highest BCUT2D eigenvalue weighted by atomic mass is 32.2. The molecule has 0 heterocycles. The van der Waals surface area contributed by atoms with Gasteiger partial charge in [-0.3, -0.25) is 9.52 Å². The van der Waals surface area contributed by atoms with Gasteiger partial charge in [-0.05, 0) is 73.2 Å². The van der Waals surface area contributed by atoms with Gasteiger partial charge < -0.3 is 14.4 Å². The normalized spacial score (nSPS) is 11.0. The standard InChI is InChI=1S/C24H25FN2O5S/c1-4-32-20-10-8-19(9-11-20)26-33(29,30)21-12-6-18(7-13-21)24(28)27(2)16-17-5-14-23(31-3)22(25)15-17/h5-15,26H,4,16H2,1-3H3. The highest BCUT2D eigenvalue weighted by Gasteiger charge is 2.17. The average Bonchev–Trinajstić information content (AvgIpc) is 2.80. The van der Waals surface area contributed by atoms with E-state index in [9.17, 15) is 17.6 Å². The minimum absolute atomic E-state index is 0.0211. The van der Waals surface area contributed by atoms with Crippen molar-refractivity contribution in [2.45, 2.75) is 18.4 Å². The second-order valence-electron chi connectivity index (χ2n) is 7.22. The van der Waals surface area contributed by atoms with E-state index in [1.54, 1.807) is 37.4 Å². The minimum Gasteiger partial charge on any atom is -0.494 e. The quantitative estimate of drug-likeness (QED) is 0.502. The number of hydrogen-bond donors (Lipinski definition) is 1. The Labute approximate surface area is 192 Å². The van der Waals surface area contributed by atoms with Gasteiger partial charge >= 0.3 is 0 Å². The number of benzene rings is 3. The largest absolute Gasteiger partial charge is 0.494 e. The molecule has 9 heteroatoms. The van der Waals surface area contributed by atoms with Gasteiger partial charge in [-0.2, -0.15) is 0 Å². The molecule has 0 aliphatic carbocycles. The van der Waals surface area contributed by atoms with E-state index >= 15 is 0 Å². The summed E-state index contributed by atoms with van der Waals surface area (Å²) in [4.78, 5) is 14.2. The summed E-state index contributed by atoms with van der Waals surface area (Å²) in [5.41, 5.74) is 1.31. The van der Waals surface area contributed by atoms with E-state index < -0.39 is 15.8 Å². The Morgan fingerprint density at radius 2 is 1.70 bits per heavy atom. The van der Waals surface area contributed by atoms with Gasteiger partial charge in [-0.25, -0.2) is 12.8 Å². The van der Waals surface area contributed by atoms with Crippen LogP contribution in [0.1, 0.15) is 22.8 Å². The Balaban J connectivity index is 1.67. The monoisotopic (exact) mass is 472 g/mol. The van der Waals surface area contributed by atoms with Gasteiger partial charge in [0, 0.05) is 24.8 Å². The summed E-state index contributed by atoms with van der Waals surface area (Å²) in [6, 6.07) is 16.7. The molecular formula is C24H25FN2O5S. The average molecular weight is 473 g/mol. The van der Waals surface area contributed by atoms with Crippen LogP contribution in [-0.4, -0.2) is 40.0 Å². The highest BCUT2D eigenvalue weighted by molar-refractivity contribution is 7.92. The maximum Gasteiger partial charge on any atom is 0.261 e. The lowest BCUT2D eigenvalue weighted by molar-refractivity contribution is 0.0785. The van der Waals surface area contributed by atoms with Gasteiger partial charge in [-0.1, -0.05) is 6.07 Å². The molecule has 0 saturated carbocycles. The number of amides is 1. The number of halogens is 1. The zero-order chi connectivity index (χ0) is 24.0. The zero-order valence-electron chi connectivity index (χ0n) is 18.5. The fourth-order valence-corrected chi connectivity index (χ4v) is 4.21. The third kappa shape index (κ3) is 6.01. The molecule has 3 aromatic carbocycles.